The number of hydrogen-bond donors (Lipinski definition) is 0. The quantitative estimate of drug-likeness (QED) is 0.100. The summed E-state index contributed by atoms with van der Waals surface area (Å²) in [6.07, 6.45) is 29.6. The summed E-state index contributed by atoms with van der Waals surface area (Å²) in [6.45, 7) is 10.6. The molecule has 0 radical (unpaired) electrons. The average molecular weight is 498 g/mol. The Balaban J connectivity index is 3.62. The van der Waals surface area contributed by atoms with E-state index < -0.39 is 0 Å². The molecule has 35 heavy (non-hydrogen) atoms. The molecular formula is C32H67NO2. The summed E-state index contributed by atoms with van der Waals surface area (Å²) in [6, 6.07) is 0.344. The van der Waals surface area contributed by atoms with Gasteiger partial charge in [-0.25, -0.2) is 0 Å². The Morgan fingerprint density at radius 1 is 0.457 bits per heavy atom. The van der Waals surface area contributed by atoms with Crippen LogP contribution in [0, 0.1) is 0 Å². The topological polar surface area (TPSA) is 21.7 Å². The van der Waals surface area contributed by atoms with Crippen molar-refractivity contribution in [2.45, 2.75) is 181 Å². The Kier molecular flexibility index (Phi) is 26.8. The molecule has 0 saturated carbocycles. The summed E-state index contributed by atoms with van der Waals surface area (Å²) in [4.78, 5) is 2.26. The first kappa shape index (κ1) is 34.9. The lowest BCUT2D eigenvalue weighted by atomic mass is 10.0. The van der Waals surface area contributed by atoms with Crippen molar-refractivity contribution in [2.24, 2.45) is 0 Å². The second-order valence-corrected chi connectivity index (χ2v) is 11.5. The molecule has 0 aliphatic rings. The van der Waals surface area contributed by atoms with E-state index in [1.165, 1.54) is 135 Å². The number of likely N-dealkylation sites (N-methyl/N-ethyl adjacent to an activating group) is 1. The second-order valence-electron chi connectivity index (χ2n) is 11.5. The highest BCUT2D eigenvalue weighted by atomic mass is 16.5. The minimum atomic E-state index is 0.344. The molecule has 0 fully saturated rings. The zero-order valence-electron chi connectivity index (χ0n) is 25.3. The Hall–Kier alpha value is -0.120. The molecule has 0 aliphatic carbocycles. The van der Waals surface area contributed by atoms with E-state index >= 15 is 0 Å². The highest BCUT2D eigenvalue weighted by molar-refractivity contribution is 4.67. The zero-order chi connectivity index (χ0) is 26.0. The van der Waals surface area contributed by atoms with Gasteiger partial charge in [0, 0.05) is 0 Å². The van der Waals surface area contributed by atoms with Gasteiger partial charge in [0.1, 0.15) is 0 Å². The SMILES string of the molecule is CCCCCCCCCCCCCCCCC(C)OC[C@@H](COC(C)CCCCCCC)N(C)C. The van der Waals surface area contributed by atoms with Gasteiger partial charge in [-0.1, -0.05) is 136 Å². The van der Waals surface area contributed by atoms with E-state index in [-0.39, 0.29) is 0 Å². The Morgan fingerprint density at radius 2 is 0.743 bits per heavy atom. The van der Waals surface area contributed by atoms with Crippen LogP contribution in [0.3, 0.4) is 0 Å². The van der Waals surface area contributed by atoms with Gasteiger partial charge in [-0.2, -0.15) is 0 Å². The molecule has 2 unspecified atom stereocenters. The van der Waals surface area contributed by atoms with E-state index in [2.05, 4.69) is 46.7 Å². The lowest BCUT2D eigenvalue weighted by molar-refractivity contribution is -0.0276. The van der Waals surface area contributed by atoms with Crippen LogP contribution in [0.25, 0.3) is 0 Å². The molecule has 3 heteroatoms. The van der Waals surface area contributed by atoms with Crippen molar-refractivity contribution in [3.05, 3.63) is 0 Å². The molecule has 0 bridgehead atoms. The first-order valence-corrected chi connectivity index (χ1v) is 15.9. The van der Waals surface area contributed by atoms with E-state index in [0.29, 0.717) is 18.2 Å². The maximum absolute atomic E-state index is 6.21. The number of hydrogen-bond acceptors (Lipinski definition) is 3. The molecule has 0 N–H and O–H groups in total. The molecule has 212 valence electrons. The highest BCUT2D eigenvalue weighted by Gasteiger charge is 2.15. The molecule has 0 aromatic heterocycles. The smallest absolute Gasteiger partial charge is 0.0647 e. The number of unbranched alkanes of at least 4 members (excludes halogenated alkanes) is 17. The first-order valence-electron chi connectivity index (χ1n) is 15.9. The predicted octanol–water partition coefficient (Wildman–Crippen LogP) is 9.96. The number of ether oxygens (including phenoxy) is 2. The van der Waals surface area contributed by atoms with Crippen LogP contribution in [0.4, 0.5) is 0 Å². The molecule has 0 rings (SSSR count). The fraction of sp³-hybridized carbons (Fsp3) is 1.00. The molecule has 0 spiro atoms. The lowest BCUT2D eigenvalue weighted by Gasteiger charge is -2.27. The molecule has 0 aromatic rings. The molecule has 0 amide bonds. The van der Waals surface area contributed by atoms with Gasteiger partial charge >= 0.3 is 0 Å². The van der Waals surface area contributed by atoms with Crippen molar-refractivity contribution in [3.63, 3.8) is 0 Å². The standard InChI is InChI=1S/C32H67NO2/c1-7-9-11-13-14-15-16-17-18-19-20-21-23-25-27-31(4)35-29-32(33(5)6)28-34-30(3)26-24-22-12-10-8-2/h30-32H,7-29H2,1-6H3/t30?,31?,32-/m1/s1. The summed E-state index contributed by atoms with van der Waals surface area (Å²) in [5, 5.41) is 0. The molecule has 0 aliphatic heterocycles. The van der Waals surface area contributed by atoms with Crippen molar-refractivity contribution in [2.75, 3.05) is 27.3 Å². The number of nitrogens with zero attached hydrogens (tertiary/aromatic N) is 1. The normalized spacial score (nSPS) is 14.5. The monoisotopic (exact) mass is 498 g/mol. The second kappa shape index (κ2) is 26.9. The molecule has 0 saturated heterocycles. The zero-order valence-corrected chi connectivity index (χ0v) is 25.3. The third-order valence-electron chi connectivity index (χ3n) is 7.55. The van der Waals surface area contributed by atoms with E-state index in [0.717, 1.165) is 13.2 Å². The van der Waals surface area contributed by atoms with Gasteiger partial charge in [-0.15, -0.1) is 0 Å². The van der Waals surface area contributed by atoms with Crippen molar-refractivity contribution in [3.8, 4) is 0 Å². The van der Waals surface area contributed by atoms with Crippen LogP contribution in [0.2, 0.25) is 0 Å². The predicted molar refractivity (Wildman–Crippen MR) is 157 cm³/mol. The molecular weight excluding hydrogens is 430 g/mol. The Bertz CT molecular complexity index is 401. The van der Waals surface area contributed by atoms with Crippen LogP contribution in [0.1, 0.15) is 163 Å². The average Bonchev–Trinajstić information content (AvgIpc) is 2.83. The fourth-order valence-electron chi connectivity index (χ4n) is 4.73. The molecule has 0 heterocycles. The van der Waals surface area contributed by atoms with Crippen LogP contribution in [0.5, 0.6) is 0 Å². The molecule has 0 aromatic carbocycles. The van der Waals surface area contributed by atoms with Gasteiger partial charge in [-0.05, 0) is 40.8 Å². The fourth-order valence-corrected chi connectivity index (χ4v) is 4.73. The third kappa shape index (κ3) is 25.3. The van der Waals surface area contributed by atoms with E-state index in [1.807, 2.05) is 0 Å². The summed E-state index contributed by atoms with van der Waals surface area (Å²) in [7, 11) is 4.29. The van der Waals surface area contributed by atoms with Crippen LogP contribution in [-0.2, 0) is 9.47 Å². The van der Waals surface area contributed by atoms with Crippen molar-refractivity contribution in [1.29, 1.82) is 0 Å². The third-order valence-corrected chi connectivity index (χ3v) is 7.55. The Morgan fingerprint density at radius 3 is 1.03 bits per heavy atom. The van der Waals surface area contributed by atoms with Gasteiger partial charge in [0.25, 0.3) is 0 Å². The van der Waals surface area contributed by atoms with Gasteiger partial charge in [0.05, 0.1) is 31.5 Å². The van der Waals surface area contributed by atoms with E-state index in [1.54, 1.807) is 0 Å². The minimum absolute atomic E-state index is 0.344. The lowest BCUT2D eigenvalue weighted by Crippen LogP contribution is -2.38. The van der Waals surface area contributed by atoms with Gasteiger partial charge < -0.3 is 14.4 Å². The number of rotatable bonds is 28. The van der Waals surface area contributed by atoms with Crippen molar-refractivity contribution < 1.29 is 9.47 Å². The van der Waals surface area contributed by atoms with E-state index in [9.17, 15) is 0 Å². The summed E-state index contributed by atoms with van der Waals surface area (Å²) in [5.41, 5.74) is 0. The highest BCUT2D eigenvalue weighted by Crippen LogP contribution is 2.15. The maximum Gasteiger partial charge on any atom is 0.0647 e. The molecule has 3 atom stereocenters. The largest absolute Gasteiger partial charge is 0.377 e. The van der Waals surface area contributed by atoms with Gasteiger partial charge in [0.15, 0.2) is 0 Å². The molecule has 3 nitrogen and oxygen atoms in total. The van der Waals surface area contributed by atoms with Crippen molar-refractivity contribution >= 4 is 0 Å². The van der Waals surface area contributed by atoms with Crippen molar-refractivity contribution in [1.82, 2.24) is 4.90 Å². The van der Waals surface area contributed by atoms with Gasteiger partial charge in [0.2, 0.25) is 0 Å². The van der Waals surface area contributed by atoms with Crippen LogP contribution in [0.15, 0.2) is 0 Å². The first-order chi connectivity index (χ1) is 17.0. The Labute approximate surface area is 222 Å². The van der Waals surface area contributed by atoms with Crippen LogP contribution >= 0.6 is 0 Å². The van der Waals surface area contributed by atoms with E-state index in [4.69, 9.17) is 9.47 Å². The van der Waals surface area contributed by atoms with Crippen LogP contribution in [-0.4, -0.2) is 50.5 Å². The summed E-state index contributed by atoms with van der Waals surface area (Å²) >= 11 is 0. The maximum atomic E-state index is 6.21. The minimum Gasteiger partial charge on any atom is -0.377 e. The summed E-state index contributed by atoms with van der Waals surface area (Å²) < 4.78 is 12.4. The van der Waals surface area contributed by atoms with Gasteiger partial charge in [-0.3, -0.25) is 0 Å². The summed E-state index contributed by atoms with van der Waals surface area (Å²) in [5.74, 6) is 0. The van der Waals surface area contributed by atoms with Crippen LogP contribution < -0.4 is 0 Å².